The summed E-state index contributed by atoms with van der Waals surface area (Å²) in [6.07, 6.45) is 1.40. The lowest BCUT2D eigenvalue weighted by molar-refractivity contribution is -0.295. The van der Waals surface area contributed by atoms with Gasteiger partial charge in [0.05, 0.1) is 30.8 Å². The Balaban J connectivity index is 1.92. The predicted molar refractivity (Wildman–Crippen MR) is 97.9 cm³/mol. The number of hydrogen-bond acceptors (Lipinski definition) is 7. The third-order valence-electron chi connectivity index (χ3n) is 3.98. The van der Waals surface area contributed by atoms with Gasteiger partial charge >= 0.3 is 0 Å². The first-order valence-corrected chi connectivity index (χ1v) is 10.3. The summed E-state index contributed by atoms with van der Waals surface area (Å²) in [5.41, 5.74) is 0.907. The molecule has 3 rings (SSSR count). The summed E-state index contributed by atoms with van der Waals surface area (Å²) in [6.45, 7) is 1.20. The lowest BCUT2D eigenvalue weighted by atomic mass is 10.1. The van der Waals surface area contributed by atoms with Crippen molar-refractivity contribution in [3.05, 3.63) is 52.4 Å². The molecule has 0 saturated carbocycles. The van der Waals surface area contributed by atoms with Crippen LogP contribution < -0.4 is 5.11 Å². The van der Waals surface area contributed by atoms with Gasteiger partial charge in [0.25, 0.3) is 10.0 Å². The van der Waals surface area contributed by atoms with E-state index in [-0.39, 0.29) is 27.7 Å². The second kappa shape index (κ2) is 8.02. The molecule has 9 heteroatoms. The van der Waals surface area contributed by atoms with Crippen molar-refractivity contribution in [1.82, 2.24) is 4.31 Å². The first-order chi connectivity index (χ1) is 12.9. The average Bonchev–Trinajstić information content (AvgIpc) is 3.17. The minimum Gasteiger partial charge on any atom is -0.545 e. The molecule has 2 heterocycles. The Morgan fingerprint density at radius 2 is 1.85 bits per heavy atom. The van der Waals surface area contributed by atoms with Crippen LogP contribution in [0.25, 0.3) is 11.6 Å². The minimum absolute atomic E-state index is 0.0754. The molecule has 0 atom stereocenters. The fourth-order valence-electron chi connectivity index (χ4n) is 2.57. The Bertz CT molecular complexity index is 1010. The van der Waals surface area contributed by atoms with Crippen LogP contribution in [0.1, 0.15) is 16.0 Å². The molecule has 0 amide bonds. The molecule has 1 aliphatic rings. The van der Waals surface area contributed by atoms with Gasteiger partial charge in [-0.1, -0.05) is 12.1 Å². The summed E-state index contributed by atoms with van der Waals surface area (Å²) in [5.74, 6) is -1.41. The molecule has 0 N–H and O–H groups in total. The largest absolute Gasteiger partial charge is 0.545 e. The smallest absolute Gasteiger partial charge is 0.252 e. The molecule has 1 fully saturated rings. The quantitative estimate of drug-likeness (QED) is 0.687. The SMILES string of the molecule is N#Cc1ccc(/C=C(\C(=O)[O-])c2ccc(S(=O)(=O)N3CCOCC3)s2)cc1. The van der Waals surface area contributed by atoms with Crippen LogP contribution in [-0.2, 0) is 19.6 Å². The number of carboxylic acids is 1. The number of carboxylic acid groups (broad SMARTS) is 1. The summed E-state index contributed by atoms with van der Waals surface area (Å²) < 4.78 is 32.0. The molecule has 1 saturated heterocycles. The molecule has 0 radical (unpaired) electrons. The van der Waals surface area contributed by atoms with Crippen LogP contribution >= 0.6 is 11.3 Å². The Morgan fingerprint density at radius 3 is 2.44 bits per heavy atom. The van der Waals surface area contributed by atoms with Crippen molar-refractivity contribution in [1.29, 1.82) is 5.26 Å². The van der Waals surface area contributed by atoms with Gasteiger partial charge in [0.2, 0.25) is 0 Å². The molecule has 1 aromatic heterocycles. The highest BCUT2D eigenvalue weighted by molar-refractivity contribution is 7.91. The Hall–Kier alpha value is -2.51. The Kier molecular flexibility index (Phi) is 5.72. The van der Waals surface area contributed by atoms with Gasteiger partial charge in [-0.3, -0.25) is 0 Å². The Labute approximate surface area is 160 Å². The van der Waals surface area contributed by atoms with Crippen molar-refractivity contribution < 1.29 is 23.1 Å². The normalized spacial score (nSPS) is 16.0. The molecule has 0 bridgehead atoms. The van der Waals surface area contributed by atoms with Gasteiger partial charge in [-0.15, -0.1) is 11.3 Å². The number of nitriles is 1. The van der Waals surface area contributed by atoms with E-state index >= 15 is 0 Å². The topological polar surface area (TPSA) is 111 Å². The number of sulfonamides is 1. The van der Waals surface area contributed by atoms with E-state index in [1.165, 1.54) is 22.5 Å². The van der Waals surface area contributed by atoms with Gasteiger partial charge in [-0.25, -0.2) is 8.42 Å². The summed E-state index contributed by atoms with van der Waals surface area (Å²) >= 11 is 0.885. The monoisotopic (exact) mass is 403 g/mol. The fraction of sp³-hybridized carbons (Fsp3) is 0.222. The average molecular weight is 403 g/mol. The molecule has 1 aromatic carbocycles. The van der Waals surface area contributed by atoms with E-state index in [0.717, 1.165) is 11.3 Å². The maximum Gasteiger partial charge on any atom is 0.252 e. The lowest BCUT2D eigenvalue weighted by Gasteiger charge is -2.25. The van der Waals surface area contributed by atoms with Crippen molar-refractivity contribution in [2.24, 2.45) is 0 Å². The zero-order valence-corrected chi connectivity index (χ0v) is 15.8. The third kappa shape index (κ3) is 4.26. The third-order valence-corrected chi connectivity index (χ3v) is 7.47. The number of aliphatic carboxylic acids is 1. The number of carbonyl (C=O) groups is 1. The van der Waals surface area contributed by atoms with Crippen LogP contribution in [-0.4, -0.2) is 45.0 Å². The van der Waals surface area contributed by atoms with E-state index in [4.69, 9.17) is 10.00 Å². The maximum absolute atomic E-state index is 12.7. The van der Waals surface area contributed by atoms with E-state index in [1.54, 1.807) is 24.3 Å². The zero-order chi connectivity index (χ0) is 19.4. The minimum atomic E-state index is -3.69. The van der Waals surface area contributed by atoms with Crippen LogP contribution in [0.5, 0.6) is 0 Å². The number of ether oxygens (including phenoxy) is 1. The number of morpholine rings is 1. The van der Waals surface area contributed by atoms with Crippen molar-refractivity contribution in [2.75, 3.05) is 26.3 Å². The van der Waals surface area contributed by atoms with Gasteiger partial charge in [0, 0.05) is 23.5 Å². The molecular formula is C18H15N2O5S2-. The van der Waals surface area contributed by atoms with Gasteiger partial charge in [-0.05, 0) is 35.9 Å². The highest BCUT2D eigenvalue weighted by Crippen LogP contribution is 2.31. The highest BCUT2D eigenvalue weighted by atomic mass is 32.2. The van der Waals surface area contributed by atoms with Crippen LogP contribution in [0, 0.1) is 11.3 Å². The van der Waals surface area contributed by atoms with Crippen molar-refractivity contribution in [2.45, 2.75) is 4.21 Å². The zero-order valence-electron chi connectivity index (χ0n) is 14.1. The van der Waals surface area contributed by atoms with Crippen molar-refractivity contribution in [3.8, 4) is 6.07 Å². The van der Waals surface area contributed by atoms with Crippen LogP contribution in [0.2, 0.25) is 0 Å². The number of benzene rings is 1. The van der Waals surface area contributed by atoms with E-state index in [9.17, 15) is 18.3 Å². The van der Waals surface area contributed by atoms with Crippen molar-refractivity contribution in [3.63, 3.8) is 0 Å². The van der Waals surface area contributed by atoms with E-state index in [1.807, 2.05) is 6.07 Å². The number of rotatable bonds is 5. The molecule has 140 valence electrons. The second-order valence-electron chi connectivity index (χ2n) is 5.71. The van der Waals surface area contributed by atoms with Gasteiger partial charge in [0.15, 0.2) is 0 Å². The van der Waals surface area contributed by atoms with Crippen LogP contribution in [0.4, 0.5) is 0 Å². The molecule has 0 aliphatic carbocycles. The van der Waals surface area contributed by atoms with E-state index in [2.05, 4.69) is 0 Å². The number of nitrogens with zero attached hydrogens (tertiary/aromatic N) is 2. The van der Waals surface area contributed by atoms with Crippen LogP contribution in [0.3, 0.4) is 0 Å². The van der Waals surface area contributed by atoms with Gasteiger partial charge in [0.1, 0.15) is 4.21 Å². The number of thiophene rings is 1. The maximum atomic E-state index is 12.7. The molecule has 2 aromatic rings. The molecular weight excluding hydrogens is 388 g/mol. The van der Waals surface area contributed by atoms with Crippen molar-refractivity contribution >= 4 is 39.0 Å². The summed E-state index contributed by atoms with van der Waals surface area (Å²) in [7, 11) is -3.69. The van der Waals surface area contributed by atoms with E-state index in [0.29, 0.717) is 24.3 Å². The standard InChI is InChI=1S/C18H16N2O5S2/c19-12-14-3-1-13(2-4-14)11-15(18(21)22)16-5-6-17(26-16)27(23,24)20-7-9-25-10-8-20/h1-6,11H,7-10H2,(H,21,22)/p-1/b15-11-. The molecule has 27 heavy (non-hydrogen) atoms. The summed E-state index contributed by atoms with van der Waals surface area (Å²) in [5, 5.41) is 20.4. The molecule has 7 nitrogen and oxygen atoms in total. The highest BCUT2D eigenvalue weighted by Gasteiger charge is 2.28. The number of hydrogen-bond donors (Lipinski definition) is 0. The first-order valence-electron chi connectivity index (χ1n) is 8.03. The molecule has 1 aliphatic heterocycles. The van der Waals surface area contributed by atoms with Crippen LogP contribution in [0.15, 0.2) is 40.6 Å². The lowest BCUT2D eigenvalue weighted by Crippen LogP contribution is -2.40. The molecule has 0 spiro atoms. The summed E-state index contributed by atoms with van der Waals surface area (Å²) in [4.78, 5) is 11.9. The van der Waals surface area contributed by atoms with Gasteiger partial charge < -0.3 is 14.6 Å². The van der Waals surface area contributed by atoms with Gasteiger partial charge in [-0.2, -0.15) is 9.57 Å². The molecule has 0 unspecified atom stereocenters. The predicted octanol–water partition coefficient (Wildman–Crippen LogP) is 0.931. The Morgan fingerprint density at radius 1 is 1.19 bits per heavy atom. The number of carbonyl (C=O) groups excluding carboxylic acids is 1. The first kappa shape index (κ1) is 19.3. The second-order valence-corrected chi connectivity index (χ2v) is 8.96. The summed E-state index contributed by atoms with van der Waals surface area (Å²) in [6, 6.07) is 11.2. The fourth-order valence-corrected chi connectivity index (χ4v) is 5.44. The van der Waals surface area contributed by atoms with E-state index < -0.39 is 16.0 Å².